The molecular formula is C23H30IN5O. The molecule has 160 valence electrons. The van der Waals surface area contributed by atoms with Gasteiger partial charge in [-0.1, -0.05) is 54.6 Å². The number of hydrogen-bond donors (Lipinski definition) is 2. The molecule has 7 heteroatoms. The van der Waals surface area contributed by atoms with E-state index < -0.39 is 0 Å². The summed E-state index contributed by atoms with van der Waals surface area (Å²) in [6.45, 7) is 3.67. The Balaban J connectivity index is 0.00000320. The smallest absolute Gasteiger partial charge is 0.191 e. The maximum absolute atomic E-state index is 5.84. The van der Waals surface area contributed by atoms with Crippen LogP contribution in [0.25, 0.3) is 0 Å². The Labute approximate surface area is 195 Å². The summed E-state index contributed by atoms with van der Waals surface area (Å²) in [5.74, 6) is 0.802. The first-order chi connectivity index (χ1) is 14.3. The van der Waals surface area contributed by atoms with Gasteiger partial charge in [0, 0.05) is 39.1 Å². The molecule has 1 aromatic heterocycles. The fourth-order valence-electron chi connectivity index (χ4n) is 2.98. The van der Waals surface area contributed by atoms with E-state index in [0.717, 1.165) is 25.5 Å². The Bertz CT molecular complexity index is 868. The number of guanidine groups is 1. The molecule has 6 nitrogen and oxygen atoms in total. The highest BCUT2D eigenvalue weighted by Crippen LogP contribution is 2.09. The quantitative estimate of drug-likeness (QED) is 0.184. The summed E-state index contributed by atoms with van der Waals surface area (Å²) >= 11 is 0. The van der Waals surface area contributed by atoms with Crippen molar-refractivity contribution in [1.82, 2.24) is 20.4 Å². The van der Waals surface area contributed by atoms with Gasteiger partial charge in [0.1, 0.15) is 0 Å². The summed E-state index contributed by atoms with van der Waals surface area (Å²) in [4.78, 5) is 4.29. The molecule has 0 radical (unpaired) electrons. The van der Waals surface area contributed by atoms with Gasteiger partial charge in [0.15, 0.2) is 5.96 Å². The molecule has 0 unspecified atom stereocenters. The van der Waals surface area contributed by atoms with Crippen molar-refractivity contribution < 1.29 is 4.74 Å². The largest absolute Gasteiger partial charge is 0.372 e. The van der Waals surface area contributed by atoms with Gasteiger partial charge in [0.2, 0.25) is 0 Å². The monoisotopic (exact) mass is 519 g/mol. The third-order valence-electron chi connectivity index (χ3n) is 4.47. The van der Waals surface area contributed by atoms with Crippen LogP contribution >= 0.6 is 24.0 Å². The Kier molecular flexibility index (Phi) is 11.0. The van der Waals surface area contributed by atoms with Gasteiger partial charge in [-0.15, -0.1) is 24.0 Å². The Hall–Kier alpha value is -2.39. The molecule has 0 spiro atoms. The molecule has 0 saturated heterocycles. The van der Waals surface area contributed by atoms with E-state index in [-0.39, 0.29) is 24.0 Å². The zero-order valence-electron chi connectivity index (χ0n) is 17.3. The van der Waals surface area contributed by atoms with Crippen molar-refractivity contribution in [3.63, 3.8) is 0 Å². The number of nitrogens with zero attached hydrogens (tertiary/aromatic N) is 3. The van der Waals surface area contributed by atoms with Gasteiger partial charge in [0.05, 0.1) is 13.2 Å². The number of aromatic nitrogens is 2. The zero-order chi connectivity index (χ0) is 20.2. The molecule has 2 N–H and O–H groups in total. The van der Waals surface area contributed by atoms with Gasteiger partial charge in [-0.05, 0) is 29.2 Å². The normalized spacial score (nSPS) is 11.0. The minimum Gasteiger partial charge on any atom is -0.372 e. The van der Waals surface area contributed by atoms with Crippen LogP contribution in [0.5, 0.6) is 0 Å². The summed E-state index contributed by atoms with van der Waals surface area (Å²) < 4.78 is 7.77. The van der Waals surface area contributed by atoms with Crippen LogP contribution < -0.4 is 10.6 Å². The number of aryl methyl sites for hydroxylation is 1. The standard InChI is InChI=1S/C23H29N5O.HI/c1-24-23(25-12-6-14-28-15-7-13-27-28)26-17-21-10-5-11-22(16-21)19-29-18-20-8-3-2-4-9-20;/h2-5,7-11,13,15-16H,6,12,14,17-19H2,1H3,(H2,24,25,26);1H. The minimum atomic E-state index is 0. The molecule has 30 heavy (non-hydrogen) atoms. The topological polar surface area (TPSA) is 63.5 Å². The van der Waals surface area contributed by atoms with Crippen LogP contribution in [0.15, 0.2) is 78.0 Å². The molecule has 3 aromatic rings. The molecule has 3 rings (SSSR count). The van der Waals surface area contributed by atoms with Crippen LogP contribution in [-0.2, 0) is 31.0 Å². The maximum atomic E-state index is 5.84. The third kappa shape index (κ3) is 8.54. The van der Waals surface area contributed by atoms with Crippen LogP contribution in [0.4, 0.5) is 0 Å². The van der Waals surface area contributed by atoms with E-state index in [1.165, 1.54) is 16.7 Å². The average molecular weight is 519 g/mol. The maximum Gasteiger partial charge on any atom is 0.191 e. The summed E-state index contributed by atoms with van der Waals surface area (Å²) in [7, 11) is 1.79. The van der Waals surface area contributed by atoms with E-state index in [4.69, 9.17) is 4.74 Å². The Morgan fingerprint density at radius 1 is 0.967 bits per heavy atom. The first kappa shape index (κ1) is 23.9. The second kappa shape index (κ2) is 13.8. The zero-order valence-corrected chi connectivity index (χ0v) is 19.7. The third-order valence-corrected chi connectivity index (χ3v) is 4.47. The van der Waals surface area contributed by atoms with Crippen molar-refractivity contribution in [3.05, 3.63) is 89.7 Å². The van der Waals surface area contributed by atoms with Crippen LogP contribution in [0.2, 0.25) is 0 Å². The number of hydrogen-bond acceptors (Lipinski definition) is 3. The van der Waals surface area contributed by atoms with Crippen LogP contribution in [0.3, 0.4) is 0 Å². The van der Waals surface area contributed by atoms with Gasteiger partial charge in [-0.2, -0.15) is 5.10 Å². The van der Waals surface area contributed by atoms with Gasteiger partial charge in [0.25, 0.3) is 0 Å². The molecule has 0 aliphatic carbocycles. The lowest BCUT2D eigenvalue weighted by molar-refractivity contribution is 0.107. The SMILES string of the molecule is CN=C(NCCCn1cccn1)NCc1cccc(COCc2ccccc2)c1.I. The second-order valence-electron chi connectivity index (χ2n) is 6.77. The van der Waals surface area contributed by atoms with Crippen molar-refractivity contribution in [2.45, 2.75) is 32.7 Å². The van der Waals surface area contributed by atoms with E-state index in [1.807, 2.05) is 35.1 Å². The lowest BCUT2D eigenvalue weighted by Crippen LogP contribution is -2.37. The van der Waals surface area contributed by atoms with Gasteiger partial charge >= 0.3 is 0 Å². The van der Waals surface area contributed by atoms with E-state index in [0.29, 0.717) is 19.8 Å². The highest BCUT2D eigenvalue weighted by Gasteiger charge is 2.01. The fourth-order valence-corrected chi connectivity index (χ4v) is 2.98. The molecule has 0 saturated carbocycles. The number of halogens is 1. The number of benzene rings is 2. The number of aliphatic imine (C=N–C) groups is 1. The molecule has 0 aliphatic rings. The first-order valence-corrected chi connectivity index (χ1v) is 9.95. The molecule has 0 atom stereocenters. The second-order valence-corrected chi connectivity index (χ2v) is 6.77. The van der Waals surface area contributed by atoms with Crippen molar-refractivity contribution in [2.75, 3.05) is 13.6 Å². The summed E-state index contributed by atoms with van der Waals surface area (Å²) in [5, 5.41) is 10.9. The van der Waals surface area contributed by atoms with Crippen LogP contribution in [0.1, 0.15) is 23.1 Å². The molecule has 0 fully saturated rings. The minimum absolute atomic E-state index is 0. The lowest BCUT2D eigenvalue weighted by atomic mass is 10.1. The molecule has 0 aliphatic heterocycles. The van der Waals surface area contributed by atoms with Crippen molar-refractivity contribution in [1.29, 1.82) is 0 Å². The van der Waals surface area contributed by atoms with E-state index in [2.05, 4.69) is 57.1 Å². The van der Waals surface area contributed by atoms with Gasteiger partial charge < -0.3 is 15.4 Å². The van der Waals surface area contributed by atoms with E-state index in [1.54, 1.807) is 13.2 Å². The Morgan fingerprint density at radius 3 is 2.50 bits per heavy atom. The average Bonchev–Trinajstić information content (AvgIpc) is 3.28. The number of ether oxygens (including phenoxy) is 1. The van der Waals surface area contributed by atoms with Crippen LogP contribution in [0, 0.1) is 0 Å². The fraction of sp³-hybridized carbons (Fsp3) is 0.304. The van der Waals surface area contributed by atoms with Gasteiger partial charge in [-0.25, -0.2) is 0 Å². The van der Waals surface area contributed by atoms with Gasteiger partial charge in [-0.3, -0.25) is 9.67 Å². The van der Waals surface area contributed by atoms with E-state index in [9.17, 15) is 0 Å². The first-order valence-electron chi connectivity index (χ1n) is 9.95. The lowest BCUT2D eigenvalue weighted by Gasteiger charge is -2.13. The summed E-state index contributed by atoms with van der Waals surface area (Å²) in [6.07, 6.45) is 4.76. The van der Waals surface area contributed by atoms with Crippen molar-refractivity contribution in [2.24, 2.45) is 4.99 Å². The highest BCUT2D eigenvalue weighted by molar-refractivity contribution is 14.0. The predicted octanol–water partition coefficient (Wildman–Crippen LogP) is 3.97. The molecule has 1 heterocycles. The summed E-state index contributed by atoms with van der Waals surface area (Å²) in [5.41, 5.74) is 3.56. The molecule has 0 bridgehead atoms. The number of nitrogens with one attached hydrogen (secondary N) is 2. The Morgan fingerprint density at radius 2 is 1.73 bits per heavy atom. The highest BCUT2D eigenvalue weighted by atomic mass is 127. The molecule has 2 aromatic carbocycles. The van der Waals surface area contributed by atoms with E-state index >= 15 is 0 Å². The molecule has 0 amide bonds. The molecular weight excluding hydrogens is 489 g/mol. The predicted molar refractivity (Wildman–Crippen MR) is 132 cm³/mol. The number of rotatable bonds is 10. The van der Waals surface area contributed by atoms with Crippen molar-refractivity contribution in [3.8, 4) is 0 Å². The van der Waals surface area contributed by atoms with Crippen LogP contribution in [-0.4, -0.2) is 29.3 Å². The van der Waals surface area contributed by atoms with Crippen molar-refractivity contribution >= 4 is 29.9 Å². The summed E-state index contributed by atoms with van der Waals surface area (Å²) in [6, 6.07) is 20.6.